The summed E-state index contributed by atoms with van der Waals surface area (Å²) in [5.74, 6) is -0.183. The number of rotatable bonds is 4. The number of carbonyl (C=O) groups excluding carboxylic acids is 1. The van der Waals surface area contributed by atoms with Crippen molar-refractivity contribution in [2.75, 3.05) is 6.61 Å². The van der Waals surface area contributed by atoms with Crippen molar-refractivity contribution in [3.63, 3.8) is 0 Å². The summed E-state index contributed by atoms with van der Waals surface area (Å²) in [4.78, 5) is 11.4. The number of carbonyl (C=O) groups is 1. The first kappa shape index (κ1) is 13.5. The fourth-order valence-corrected chi connectivity index (χ4v) is 1.36. The van der Waals surface area contributed by atoms with Crippen LogP contribution in [0.4, 0.5) is 0 Å². The monoisotopic (exact) mass is 237 g/mol. The van der Waals surface area contributed by atoms with E-state index in [0.29, 0.717) is 5.75 Å². The van der Waals surface area contributed by atoms with Crippen LogP contribution in [0.25, 0.3) is 0 Å². The fourth-order valence-electron chi connectivity index (χ4n) is 1.36. The van der Waals surface area contributed by atoms with Crippen LogP contribution in [0.1, 0.15) is 20.8 Å². The van der Waals surface area contributed by atoms with Gasteiger partial charge in [-0.3, -0.25) is 4.79 Å². The van der Waals surface area contributed by atoms with Crippen molar-refractivity contribution in [1.29, 1.82) is 0 Å². The molecule has 0 aliphatic carbocycles. The zero-order chi connectivity index (χ0) is 13.1. The summed E-state index contributed by atoms with van der Waals surface area (Å²) in [7, 11) is 0. The van der Waals surface area contributed by atoms with Gasteiger partial charge in [-0.15, -0.1) is 0 Å². The molecule has 94 valence electrons. The van der Waals surface area contributed by atoms with Gasteiger partial charge in [-0.25, -0.2) is 0 Å². The van der Waals surface area contributed by atoms with Crippen LogP contribution in [-0.4, -0.2) is 23.2 Å². The molecule has 0 bridgehead atoms. The summed E-state index contributed by atoms with van der Waals surface area (Å²) < 4.78 is 5.41. The molecule has 1 aromatic rings. The Morgan fingerprint density at radius 2 is 1.82 bits per heavy atom. The Hall–Kier alpha value is -1.55. The minimum Gasteiger partial charge on any atom is -0.490 e. The van der Waals surface area contributed by atoms with Crippen molar-refractivity contribution in [1.82, 2.24) is 0 Å². The van der Waals surface area contributed by atoms with E-state index in [2.05, 4.69) is 0 Å². The Balaban J connectivity index is 2.80. The van der Waals surface area contributed by atoms with E-state index in [-0.39, 0.29) is 6.61 Å². The van der Waals surface area contributed by atoms with Crippen LogP contribution in [0.5, 0.6) is 5.75 Å². The number of ether oxygens (including phenoxy) is 1. The van der Waals surface area contributed by atoms with E-state index in [1.54, 1.807) is 32.9 Å². The van der Waals surface area contributed by atoms with Gasteiger partial charge in [0, 0.05) is 5.41 Å². The number of hydrogen-bond acceptors (Lipinski definition) is 3. The number of primary amides is 1. The van der Waals surface area contributed by atoms with Crippen molar-refractivity contribution in [2.24, 2.45) is 11.1 Å². The number of aliphatic hydroxyl groups is 1. The van der Waals surface area contributed by atoms with Crippen LogP contribution in [0.2, 0.25) is 0 Å². The molecule has 4 nitrogen and oxygen atoms in total. The third kappa shape index (κ3) is 2.97. The molecular formula is C13H19NO3. The smallest absolute Gasteiger partial charge is 0.253 e. The number of para-hydroxylation sites is 1. The summed E-state index contributed by atoms with van der Waals surface area (Å²) >= 11 is 0. The molecule has 1 rings (SSSR count). The summed E-state index contributed by atoms with van der Waals surface area (Å²) in [6, 6.07) is 9.00. The fraction of sp³-hybridized carbons (Fsp3) is 0.462. The molecule has 0 radical (unpaired) electrons. The van der Waals surface area contributed by atoms with Crippen LogP contribution in [0, 0.1) is 5.41 Å². The Bertz CT molecular complexity index is 383. The summed E-state index contributed by atoms with van der Waals surface area (Å²) in [6.07, 6.45) is 0. The van der Waals surface area contributed by atoms with E-state index in [0.717, 1.165) is 0 Å². The first-order valence-electron chi connectivity index (χ1n) is 5.47. The second-order valence-corrected chi connectivity index (χ2v) is 5.08. The average molecular weight is 237 g/mol. The standard InChI is InChI=1S/C13H19NO3/c1-12(2,3)13(16,11(14)15)9-17-10-7-5-4-6-8-10/h4-8,16H,9H2,1-3H3,(H2,14,15). The number of nitrogens with two attached hydrogens (primary N) is 1. The van der Waals surface area contributed by atoms with Crippen LogP contribution >= 0.6 is 0 Å². The lowest BCUT2D eigenvalue weighted by molar-refractivity contribution is -0.154. The third-order valence-corrected chi connectivity index (χ3v) is 2.84. The maximum atomic E-state index is 11.4. The second kappa shape index (κ2) is 4.75. The average Bonchev–Trinajstić information content (AvgIpc) is 2.25. The van der Waals surface area contributed by atoms with Crippen LogP contribution in [0.15, 0.2) is 30.3 Å². The van der Waals surface area contributed by atoms with Gasteiger partial charge in [-0.2, -0.15) is 0 Å². The van der Waals surface area contributed by atoms with Crippen molar-refractivity contribution >= 4 is 5.91 Å². The topological polar surface area (TPSA) is 72.6 Å². The van der Waals surface area contributed by atoms with Gasteiger partial charge >= 0.3 is 0 Å². The molecule has 1 atom stereocenters. The number of hydrogen-bond donors (Lipinski definition) is 2. The largest absolute Gasteiger partial charge is 0.490 e. The zero-order valence-corrected chi connectivity index (χ0v) is 10.4. The lowest BCUT2D eigenvalue weighted by atomic mass is 9.76. The highest BCUT2D eigenvalue weighted by molar-refractivity contribution is 5.84. The number of benzene rings is 1. The van der Waals surface area contributed by atoms with Crippen molar-refractivity contribution < 1.29 is 14.6 Å². The summed E-state index contributed by atoms with van der Waals surface area (Å²) in [5.41, 5.74) is 2.87. The predicted octanol–water partition coefficient (Wildman–Crippen LogP) is 1.33. The minimum atomic E-state index is -1.69. The van der Waals surface area contributed by atoms with Crippen LogP contribution in [0.3, 0.4) is 0 Å². The summed E-state index contributed by atoms with van der Waals surface area (Å²) in [5, 5.41) is 10.3. The molecule has 0 heterocycles. The third-order valence-electron chi connectivity index (χ3n) is 2.84. The van der Waals surface area contributed by atoms with E-state index in [1.165, 1.54) is 0 Å². The lowest BCUT2D eigenvalue weighted by Crippen LogP contribution is -2.57. The van der Waals surface area contributed by atoms with Gasteiger partial charge in [-0.1, -0.05) is 39.0 Å². The Morgan fingerprint density at radius 3 is 2.24 bits per heavy atom. The van der Waals surface area contributed by atoms with E-state index >= 15 is 0 Å². The molecule has 1 aromatic carbocycles. The highest BCUT2D eigenvalue weighted by atomic mass is 16.5. The molecule has 17 heavy (non-hydrogen) atoms. The Labute approximate surface area is 101 Å². The van der Waals surface area contributed by atoms with Crippen molar-refractivity contribution in [3.8, 4) is 5.75 Å². The molecule has 1 unspecified atom stereocenters. The Morgan fingerprint density at radius 1 is 1.29 bits per heavy atom. The maximum Gasteiger partial charge on any atom is 0.253 e. The molecule has 1 amide bonds. The molecule has 4 heteroatoms. The van der Waals surface area contributed by atoms with Crippen LogP contribution in [-0.2, 0) is 4.79 Å². The van der Waals surface area contributed by atoms with E-state index < -0.39 is 16.9 Å². The van der Waals surface area contributed by atoms with Crippen LogP contribution < -0.4 is 10.5 Å². The highest BCUT2D eigenvalue weighted by Crippen LogP contribution is 2.30. The Kier molecular flexibility index (Phi) is 3.78. The van der Waals surface area contributed by atoms with E-state index in [1.807, 2.05) is 18.2 Å². The zero-order valence-electron chi connectivity index (χ0n) is 10.4. The molecule has 0 aromatic heterocycles. The first-order chi connectivity index (χ1) is 7.77. The molecule has 0 saturated heterocycles. The van der Waals surface area contributed by atoms with Gasteiger partial charge in [-0.05, 0) is 12.1 Å². The SMILES string of the molecule is CC(C)(C)C(O)(COc1ccccc1)C(N)=O. The maximum absolute atomic E-state index is 11.4. The predicted molar refractivity (Wildman–Crippen MR) is 65.5 cm³/mol. The molecule has 0 spiro atoms. The molecule has 0 aliphatic heterocycles. The summed E-state index contributed by atoms with van der Waals surface area (Å²) in [6.45, 7) is 5.07. The van der Waals surface area contributed by atoms with Gasteiger partial charge in [0.2, 0.25) is 0 Å². The first-order valence-corrected chi connectivity index (χ1v) is 5.47. The van der Waals surface area contributed by atoms with E-state index in [4.69, 9.17) is 10.5 Å². The minimum absolute atomic E-state index is 0.157. The molecular weight excluding hydrogens is 218 g/mol. The van der Waals surface area contributed by atoms with Gasteiger partial charge in [0.15, 0.2) is 5.60 Å². The van der Waals surface area contributed by atoms with Gasteiger partial charge in [0.25, 0.3) is 5.91 Å². The quantitative estimate of drug-likeness (QED) is 0.829. The number of amides is 1. The molecule has 0 aliphatic rings. The van der Waals surface area contributed by atoms with Gasteiger partial charge in [0.05, 0.1) is 0 Å². The lowest BCUT2D eigenvalue weighted by Gasteiger charge is -2.36. The van der Waals surface area contributed by atoms with Gasteiger partial charge < -0.3 is 15.6 Å². The molecule has 0 fully saturated rings. The van der Waals surface area contributed by atoms with Crippen molar-refractivity contribution in [2.45, 2.75) is 26.4 Å². The highest BCUT2D eigenvalue weighted by Gasteiger charge is 2.46. The van der Waals surface area contributed by atoms with Crippen molar-refractivity contribution in [3.05, 3.63) is 30.3 Å². The normalized spacial score (nSPS) is 15.1. The molecule has 0 saturated carbocycles. The van der Waals surface area contributed by atoms with E-state index in [9.17, 15) is 9.90 Å². The second-order valence-electron chi connectivity index (χ2n) is 5.08. The molecule has 3 N–H and O–H groups in total. The van der Waals surface area contributed by atoms with Gasteiger partial charge in [0.1, 0.15) is 12.4 Å².